The van der Waals surface area contributed by atoms with Gasteiger partial charge in [-0.2, -0.15) is 0 Å². The van der Waals surface area contributed by atoms with Crippen LogP contribution in [0.25, 0.3) is 0 Å². The zero-order chi connectivity index (χ0) is 14.2. The number of anilines is 1. The predicted molar refractivity (Wildman–Crippen MR) is 87.2 cm³/mol. The molecule has 1 aromatic carbocycles. The first kappa shape index (κ1) is 14.8. The maximum atomic E-state index is 6.13. The second-order valence-electron chi connectivity index (χ2n) is 5.50. The van der Waals surface area contributed by atoms with Crippen molar-refractivity contribution in [2.45, 2.75) is 32.6 Å². The van der Waals surface area contributed by atoms with Gasteiger partial charge in [-0.05, 0) is 33.6 Å². The van der Waals surface area contributed by atoms with Gasteiger partial charge in [-0.1, -0.05) is 38.4 Å². The molecule has 0 aliphatic rings. The molecule has 0 aliphatic carbocycles. The molecule has 0 radical (unpaired) electrons. The summed E-state index contributed by atoms with van der Waals surface area (Å²) < 4.78 is 0.915. The summed E-state index contributed by atoms with van der Waals surface area (Å²) in [5, 5.41) is 1.36. The molecule has 2 nitrogen and oxygen atoms in total. The highest BCUT2D eigenvalue weighted by molar-refractivity contribution is 9.10. The Morgan fingerprint density at radius 1 is 1.37 bits per heavy atom. The van der Waals surface area contributed by atoms with Crippen molar-refractivity contribution in [3.05, 3.63) is 43.8 Å². The second-order valence-corrected chi connectivity index (χ2v) is 7.88. The van der Waals surface area contributed by atoms with Gasteiger partial charge in [-0.15, -0.1) is 11.3 Å². The number of rotatable bonds is 2. The molecule has 0 aliphatic heterocycles. The molecule has 2 aromatic rings. The Morgan fingerprint density at radius 3 is 2.63 bits per heavy atom. The molecule has 2 rings (SSSR count). The Balaban J connectivity index is 2.35. The molecule has 102 valence electrons. The van der Waals surface area contributed by atoms with Gasteiger partial charge in [0.2, 0.25) is 0 Å². The van der Waals surface area contributed by atoms with Gasteiger partial charge in [0.15, 0.2) is 5.13 Å². The van der Waals surface area contributed by atoms with E-state index in [2.05, 4.69) is 47.8 Å². The van der Waals surface area contributed by atoms with E-state index in [1.807, 2.05) is 12.1 Å². The van der Waals surface area contributed by atoms with Crippen LogP contribution >= 0.6 is 38.9 Å². The topological polar surface area (TPSA) is 38.9 Å². The van der Waals surface area contributed by atoms with Crippen molar-refractivity contribution in [1.82, 2.24) is 4.98 Å². The lowest BCUT2D eigenvalue weighted by Crippen LogP contribution is -2.14. The summed E-state index contributed by atoms with van der Waals surface area (Å²) >= 11 is 11.1. The normalized spacial score (nSPS) is 11.8. The number of benzene rings is 1. The van der Waals surface area contributed by atoms with Crippen LogP contribution in [0.3, 0.4) is 0 Å². The highest BCUT2D eigenvalue weighted by Crippen LogP contribution is 2.33. The number of nitrogen functional groups attached to an aromatic ring is 1. The summed E-state index contributed by atoms with van der Waals surface area (Å²) in [6.45, 7) is 6.46. The summed E-state index contributed by atoms with van der Waals surface area (Å²) in [5.74, 6) is 0. The summed E-state index contributed by atoms with van der Waals surface area (Å²) in [7, 11) is 0. The van der Waals surface area contributed by atoms with Gasteiger partial charge in [0.1, 0.15) is 0 Å². The van der Waals surface area contributed by atoms with Crippen LogP contribution in [0.2, 0.25) is 5.02 Å². The number of hydrogen-bond donors (Lipinski definition) is 1. The third kappa shape index (κ3) is 3.50. The first-order chi connectivity index (χ1) is 8.77. The van der Waals surface area contributed by atoms with Crippen molar-refractivity contribution >= 4 is 44.0 Å². The summed E-state index contributed by atoms with van der Waals surface area (Å²) in [6, 6.07) is 6.02. The number of nitrogens with zero attached hydrogens (tertiary/aromatic N) is 1. The smallest absolute Gasteiger partial charge is 0.180 e. The molecule has 0 bridgehead atoms. The molecule has 0 atom stereocenters. The Hall–Kier alpha value is -0.580. The van der Waals surface area contributed by atoms with E-state index in [9.17, 15) is 0 Å². The lowest BCUT2D eigenvalue weighted by atomic mass is 9.90. The summed E-state index contributed by atoms with van der Waals surface area (Å²) in [5.41, 5.74) is 8.11. The lowest BCUT2D eigenvalue weighted by molar-refractivity contribution is 0.568. The summed E-state index contributed by atoms with van der Waals surface area (Å²) in [6.07, 6.45) is 0.814. The molecule has 0 unspecified atom stereocenters. The van der Waals surface area contributed by atoms with Crippen LogP contribution in [-0.4, -0.2) is 4.98 Å². The number of nitrogens with two attached hydrogens (primary N) is 1. The van der Waals surface area contributed by atoms with Gasteiger partial charge >= 0.3 is 0 Å². The van der Waals surface area contributed by atoms with Gasteiger partial charge in [0.25, 0.3) is 0 Å². The molecule has 19 heavy (non-hydrogen) atoms. The third-order valence-corrected chi connectivity index (χ3v) is 4.89. The van der Waals surface area contributed by atoms with Gasteiger partial charge < -0.3 is 5.73 Å². The summed E-state index contributed by atoms with van der Waals surface area (Å²) in [4.78, 5) is 5.68. The average molecular weight is 360 g/mol. The Kier molecular flexibility index (Phi) is 4.23. The van der Waals surface area contributed by atoms with E-state index >= 15 is 0 Å². The standard InChI is InChI=1S/C14H16BrClN2S/c1-14(2,3)12-11(19-13(17)18-12)7-8-4-5-9(15)10(16)6-8/h4-6H,7H2,1-3H3,(H2,17,18). The number of thiazole rings is 1. The average Bonchev–Trinajstić information content (AvgIpc) is 2.65. The Morgan fingerprint density at radius 2 is 2.05 bits per heavy atom. The van der Waals surface area contributed by atoms with E-state index in [0.29, 0.717) is 5.13 Å². The van der Waals surface area contributed by atoms with E-state index in [4.69, 9.17) is 17.3 Å². The van der Waals surface area contributed by atoms with Crippen molar-refractivity contribution in [3.8, 4) is 0 Å². The Labute approximate surface area is 131 Å². The minimum Gasteiger partial charge on any atom is -0.375 e. The fourth-order valence-corrected chi connectivity index (χ4v) is 3.44. The quantitative estimate of drug-likeness (QED) is 0.816. The first-order valence-electron chi connectivity index (χ1n) is 5.97. The maximum Gasteiger partial charge on any atom is 0.180 e. The molecule has 2 N–H and O–H groups in total. The highest BCUT2D eigenvalue weighted by Gasteiger charge is 2.22. The molecule has 1 aromatic heterocycles. The van der Waals surface area contributed by atoms with Gasteiger partial charge in [0, 0.05) is 21.2 Å². The van der Waals surface area contributed by atoms with E-state index in [1.54, 1.807) is 11.3 Å². The molecule has 0 fully saturated rings. The van der Waals surface area contributed by atoms with Crippen molar-refractivity contribution in [3.63, 3.8) is 0 Å². The molecule has 5 heteroatoms. The largest absolute Gasteiger partial charge is 0.375 e. The molecule has 0 saturated heterocycles. The molecule has 1 heterocycles. The maximum absolute atomic E-state index is 6.13. The molecular formula is C14H16BrClN2S. The van der Waals surface area contributed by atoms with Crippen LogP contribution in [0, 0.1) is 0 Å². The third-order valence-electron chi connectivity index (χ3n) is 2.77. The monoisotopic (exact) mass is 358 g/mol. The van der Waals surface area contributed by atoms with Crippen LogP contribution in [-0.2, 0) is 11.8 Å². The number of halogens is 2. The fraction of sp³-hybridized carbons (Fsp3) is 0.357. The van der Waals surface area contributed by atoms with Crippen molar-refractivity contribution in [2.75, 3.05) is 5.73 Å². The fourth-order valence-electron chi connectivity index (χ4n) is 1.91. The minimum atomic E-state index is 0.00259. The minimum absolute atomic E-state index is 0.00259. The predicted octanol–water partition coefficient (Wildman–Crippen LogP) is 5.03. The number of aromatic nitrogens is 1. The van der Waals surface area contributed by atoms with Crippen molar-refractivity contribution in [2.24, 2.45) is 0 Å². The molecule has 0 amide bonds. The van der Waals surface area contributed by atoms with Crippen LogP contribution in [0.1, 0.15) is 36.9 Å². The molecule has 0 saturated carbocycles. The van der Waals surface area contributed by atoms with Crippen molar-refractivity contribution < 1.29 is 0 Å². The zero-order valence-electron chi connectivity index (χ0n) is 11.1. The van der Waals surface area contributed by atoms with E-state index in [1.165, 1.54) is 10.4 Å². The highest BCUT2D eigenvalue weighted by atomic mass is 79.9. The first-order valence-corrected chi connectivity index (χ1v) is 7.95. The van der Waals surface area contributed by atoms with Crippen LogP contribution in [0.15, 0.2) is 22.7 Å². The van der Waals surface area contributed by atoms with Crippen molar-refractivity contribution in [1.29, 1.82) is 0 Å². The number of hydrogen-bond acceptors (Lipinski definition) is 3. The van der Waals surface area contributed by atoms with Crippen LogP contribution < -0.4 is 5.73 Å². The van der Waals surface area contributed by atoms with Gasteiger partial charge in [-0.25, -0.2) is 4.98 Å². The Bertz CT molecular complexity index is 602. The lowest BCUT2D eigenvalue weighted by Gasteiger charge is -2.17. The van der Waals surface area contributed by atoms with Gasteiger partial charge in [-0.3, -0.25) is 0 Å². The second kappa shape index (κ2) is 5.43. The molecular weight excluding hydrogens is 344 g/mol. The van der Waals surface area contributed by atoms with E-state index in [0.717, 1.165) is 21.6 Å². The SMILES string of the molecule is CC(C)(C)c1nc(N)sc1Cc1ccc(Br)c(Cl)c1. The molecule has 0 spiro atoms. The van der Waals surface area contributed by atoms with E-state index in [-0.39, 0.29) is 5.41 Å². The van der Waals surface area contributed by atoms with E-state index < -0.39 is 0 Å². The van der Waals surface area contributed by atoms with Gasteiger partial charge in [0.05, 0.1) is 10.7 Å². The van der Waals surface area contributed by atoms with Crippen LogP contribution in [0.5, 0.6) is 0 Å². The zero-order valence-corrected chi connectivity index (χ0v) is 14.3. The van der Waals surface area contributed by atoms with Crippen LogP contribution in [0.4, 0.5) is 5.13 Å².